The monoisotopic (exact) mass is 232 g/mol. The van der Waals surface area contributed by atoms with Crippen molar-refractivity contribution in [1.82, 2.24) is 0 Å². The second kappa shape index (κ2) is 5.01. The molecule has 88 valence electrons. The zero-order valence-corrected chi connectivity index (χ0v) is 8.89. The van der Waals surface area contributed by atoms with Gasteiger partial charge in [0.2, 0.25) is 0 Å². The zero-order valence-electron chi connectivity index (χ0n) is 8.89. The molecular weight excluding hydrogens is 221 g/mol. The van der Waals surface area contributed by atoms with Crippen molar-refractivity contribution in [2.24, 2.45) is 0 Å². The van der Waals surface area contributed by atoms with Crippen molar-refractivity contribution in [2.75, 3.05) is 0 Å². The van der Waals surface area contributed by atoms with E-state index in [-0.39, 0.29) is 16.9 Å². The Hall–Kier alpha value is -1.52. The van der Waals surface area contributed by atoms with Crippen LogP contribution in [-0.4, -0.2) is 12.4 Å². The highest BCUT2D eigenvalue weighted by Crippen LogP contribution is 2.25. The largest absolute Gasteiger partial charge is 0.432 e. The molecule has 0 fully saturated rings. The lowest BCUT2D eigenvalue weighted by Gasteiger charge is -2.10. The first kappa shape index (κ1) is 12.5. The Morgan fingerprint density at radius 1 is 1.44 bits per heavy atom. The predicted octanol–water partition coefficient (Wildman–Crippen LogP) is 3.19. The first-order valence-electron chi connectivity index (χ1n) is 4.73. The van der Waals surface area contributed by atoms with Gasteiger partial charge in [-0.2, -0.15) is 8.78 Å². The van der Waals surface area contributed by atoms with Gasteiger partial charge in [0.15, 0.2) is 17.3 Å². The van der Waals surface area contributed by atoms with Crippen molar-refractivity contribution in [3.8, 4) is 5.75 Å². The standard InChI is InChI=1S/C11H11F3O2/c1-3-7-4-8(6(2)15)5-9(10(7)12)16-11(13)14/h4-5,11H,3H2,1-2H3. The van der Waals surface area contributed by atoms with Crippen molar-refractivity contribution in [3.63, 3.8) is 0 Å². The van der Waals surface area contributed by atoms with E-state index in [2.05, 4.69) is 4.74 Å². The van der Waals surface area contributed by atoms with Gasteiger partial charge in [-0.3, -0.25) is 4.79 Å². The Morgan fingerprint density at radius 2 is 2.06 bits per heavy atom. The van der Waals surface area contributed by atoms with Crippen LogP contribution < -0.4 is 4.74 Å². The van der Waals surface area contributed by atoms with Crippen LogP contribution in [-0.2, 0) is 6.42 Å². The van der Waals surface area contributed by atoms with Gasteiger partial charge >= 0.3 is 6.61 Å². The molecule has 0 saturated carbocycles. The Morgan fingerprint density at radius 3 is 2.50 bits per heavy atom. The third kappa shape index (κ3) is 2.74. The van der Waals surface area contributed by atoms with Gasteiger partial charge < -0.3 is 4.74 Å². The van der Waals surface area contributed by atoms with Crippen molar-refractivity contribution < 1.29 is 22.7 Å². The highest BCUT2D eigenvalue weighted by Gasteiger charge is 2.16. The number of ketones is 1. The average molecular weight is 232 g/mol. The van der Waals surface area contributed by atoms with Crippen LogP contribution in [0.5, 0.6) is 5.75 Å². The summed E-state index contributed by atoms with van der Waals surface area (Å²) in [6, 6.07) is 2.33. The molecule has 0 heterocycles. The van der Waals surface area contributed by atoms with Crippen LogP contribution in [0.25, 0.3) is 0 Å². The zero-order chi connectivity index (χ0) is 12.3. The third-order valence-corrected chi connectivity index (χ3v) is 2.12. The summed E-state index contributed by atoms with van der Waals surface area (Å²) < 4.78 is 41.5. The topological polar surface area (TPSA) is 26.3 Å². The Kier molecular flexibility index (Phi) is 3.93. The number of Topliss-reactive ketones (excluding diaryl/α,β-unsaturated/α-hetero) is 1. The molecule has 0 aliphatic carbocycles. The highest BCUT2D eigenvalue weighted by molar-refractivity contribution is 5.94. The number of alkyl halides is 2. The SMILES string of the molecule is CCc1cc(C(C)=O)cc(OC(F)F)c1F. The molecule has 0 aliphatic rings. The summed E-state index contributed by atoms with van der Waals surface area (Å²) in [6.45, 7) is -0.172. The minimum atomic E-state index is -3.11. The maximum Gasteiger partial charge on any atom is 0.387 e. The lowest BCUT2D eigenvalue weighted by Crippen LogP contribution is -2.07. The summed E-state index contributed by atoms with van der Waals surface area (Å²) in [5.41, 5.74) is 0.345. The molecule has 0 amide bonds. The van der Waals surface area contributed by atoms with Crippen LogP contribution in [0.2, 0.25) is 0 Å². The van der Waals surface area contributed by atoms with Gasteiger partial charge in [-0.05, 0) is 31.0 Å². The van der Waals surface area contributed by atoms with Gasteiger partial charge in [0.1, 0.15) is 0 Å². The van der Waals surface area contributed by atoms with E-state index in [1.54, 1.807) is 6.92 Å². The van der Waals surface area contributed by atoms with Gasteiger partial charge in [0.05, 0.1) is 0 Å². The summed E-state index contributed by atoms with van der Waals surface area (Å²) in [6.07, 6.45) is 0.298. The van der Waals surface area contributed by atoms with Gasteiger partial charge in [0.25, 0.3) is 0 Å². The number of hydrogen-bond donors (Lipinski definition) is 0. The molecule has 0 atom stereocenters. The molecular formula is C11H11F3O2. The third-order valence-electron chi connectivity index (χ3n) is 2.12. The van der Waals surface area contributed by atoms with Crippen LogP contribution in [0.3, 0.4) is 0 Å². The van der Waals surface area contributed by atoms with E-state index >= 15 is 0 Å². The fourth-order valence-corrected chi connectivity index (χ4v) is 1.30. The average Bonchev–Trinajstić information content (AvgIpc) is 2.20. The summed E-state index contributed by atoms with van der Waals surface area (Å²) in [7, 11) is 0. The number of hydrogen-bond acceptors (Lipinski definition) is 2. The van der Waals surface area contributed by atoms with Crippen molar-refractivity contribution in [2.45, 2.75) is 26.9 Å². The molecule has 5 heteroatoms. The smallest absolute Gasteiger partial charge is 0.387 e. The highest BCUT2D eigenvalue weighted by atomic mass is 19.3. The van der Waals surface area contributed by atoms with Crippen LogP contribution in [0.15, 0.2) is 12.1 Å². The number of ether oxygens (including phenoxy) is 1. The lowest BCUT2D eigenvalue weighted by molar-refractivity contribution is -0.0523. The molecule has 0 radical (unpaired) electrons. The van der Waals surface area contributed by atoms with E-state index in [0.717, 1.165) is 6.07 Å². The fraction of sp³-hybridized carbons (Fsp3) is 0.364. The molecule has 0 bridgehead atoms. The fourth-order valence-electron chi connectivity index (χ4n) is 1.30. The van der Waals surface area contributed by atoms with Crippen LogP contribution in [0, 0.1) is 5.82 Å². The molecule has 0 unspecified atom stereocenters. The van der Waals surface area contributed by atoms with E-state index in [1.165, 1.54) is 13.0 Å². The summed E-state index contributed by atoms with van der Waals surface area (Å²) >= 11 is 0. The van der Waals surface area contributed by atoms with Gasteiger partial charge in [0, 0.05) is 5.56 Å². The minimum Gasteiger partial charge on any atom is -0.432 e. The number of benzene rings is 1. The number of carbonyl (C=O) groups excluding carboxylic acids is 1. The van der Waals surface area contributed by atoms with E-state index < -0.39 is 18.2 Å². The summed E-state index contributed by atoms with van der Waals surface area (Å²) in [5.74, 6) is -1.75. The van der Waals surface area contributed by atoms with E-state index in [0.29, 0.717) is 6.42 Å². The number of halogens is 3. The Labute approximate surface area is 91.0 Å². The normalized spacial score (nSPS) is 10.6. The van der Waals surface area contributed by atoms with E-state index in [9.17, 15) is 18.0 Å². The van der Waals surface area contributed by atoms with Gasteiger partial charge in [-0.25, -0.2) is 4.39 Å². The first-order valence-corrected chi connectivity index (χ1v) is 4.73. The van der Waals surface area contributed by atoms with Gasteiger partial charge in [-0.15, -0.1) is 0 Å². The number of rotatable bonds is 4. The van der Waals surface area contributed by atoms with Gasteiger partial charge in [-0.1, -0.05) is 6.92 Å². The summed E-state index contributed by atoms with van der Waals surface area (Å²) in [5, 5.41) is 0. The maximum atomic E-state index is 13.5. The quantitative estimate of drug-likeness (QED) is 0.745. The number of aryl methyl sites for hydroxylation is 1. The molecule has 0 spiro atoms. The van der Waals surface area contributed by atoms with Crippen LogP contribution >= 0.6 is 0 Å². The molecule has 1 rings (SSSR count). The number of carbonyl (C=O) groups is 1. The molecule has 1 aromatic rings. The van der Waals surface area contributed by atoms with E-state index in [4.69, 9.17) is 0 Å². The Balaban J connectivity index is 3.24. The van der Waals surface area contributed by atoms with Crippen LogP contribution in [0.1, 0.15) is 29.8 Å². The van der Waals surface area contributed by atoms with Crippen molar-refractivity contribution >= 4 is 5.78 Å². The molecule has 0 saturated heterocycles. The maximum absolute atomic E-state index is 13.5. The van der Waals surface area contributed by atoms with Crippen molar-refractivity contribution in [3.05, 3.63) is 29.1 Å². The molecule has 2 nitrogen and oxygen atoms in total. The minimum absolute atomic E-state index is 0.161. The molecule has 0 aliphatic heterocycles. The second-order valence-corrected chi connectivity index (χ2v) is 3.24. The van der Waals surface area contributed by atoms with E-state index in [1.807, 2.05) is 0 Å². The van der Waals surface area contributed by atoms with Crippen molar-refractivity contribution in [1.29, 1.82) is 0 Å². The molecule has 16 heavy (non-hydrogen) atoms. The summed E-state index contributed by atoms with van der Waals surface area (Å²) in [4.78, 5) is 11.1. The molecule has 0 aromatic heterocycles. The molecule has 0 N–H and O–H groups in total. The Bertz CT molecular complexity index is 402. The lowest BCUT2D eigenvalue weighted by atomic mass is 10.0. The van der Waals surface area contributed by atoms with Crippen LogP contribution in [0.4, 0.5) is 13.2 Å². The molecule has 1 aromatic carbocycles. The first-order chi connectivity index (χ1) is 7.45. The predicted molar refractivity (Wildman–Crippen MR) is 52.4 cm³/mol. The second-order valence-electron chi connectivity index (χ2n) is 3.24.